The monoisotopic (exact) mass is 338 g/mol. The number of para-hydroxylation sites is 1. The Hall–Kier alpha value is -1.36. The van der Waals surface area contributed by atoms with Crippen LogP contribution in [0.25, 0.3) is 10.9 Å². The fraction of sp³-hybridized carbons (Fsp3) is 0.467. The van der Waals surface area contributed by atoms with Crippen LogP contribution in [0.1, 0.15) is 36.9 Å². The molecule has 108 valence electrons. The zero-order valence-electron chi connectivity index (χ0n) is 12.4. The van der Waals surface area contributed by atoms with Crippen molar-refractivity contribution in [1.82, 2.24) is 9.78 Å². The highest BCUT2D eigenvalue weighted by molar-refractivity contribution is 9.09. The van der Waals surface area contributed by atoms with E-state index in [0.717, 1.165) is 22.2 Å². The number of ether oxygens (including phenoxy) is 1. The van der Waals surface area contributed by atoms with Gasteiger partial charge in [0.25, 0.3) is 0 Å². The lowest BCUT2D eigenvalue weighted by atomic mass is 10.1. The standard InChI is InChI=1S/C15H19BrN2O2/c1-9-10-7-6-8-11(13(10)18(5)17-9)12(16)14(19)20-15(2,3)4/h6-8,12H,1-5H3. The van der Waals surface area contributed by atoms with Gasteiger partial charge in [0.1, 0.15) is 10.4 Å². The number of esters is 1. The molecule has 0 saturated carbocycles. The average molecular weight is 339 g/mol. The minimum Gasteiger partial charge on any atom is -0.459 e. The number of alkyl halides is 1. The van der Waals surface area contributed by atoms with Gasteiger partial charge in [-0.1, -0.05) is 34.1 Å². The van der Waals surface area contributed by atoms with E-state index in [1.807, 2.05) is 52.9 Å². The molecule has 2 rings (SSSR count). The molecule has 1 unspecified atom stereocenters. The van der Waals surface area contributed by atoms with Gasteiger partial charge in [0, 0.05) is 18.0 Å². The molecule has 0 amide bonds. The second-order valence-corrected chi connectivity index (χ2v) is 6.76. The van der Waals surface area contributed by atoms with Crippen molar-refractivity contribution in [2.24, 2.45) is 7.05 Å². The van der Waals surface area contributed by atoms with Crippen molar-refractivity contribution in [3.05, 3.63) is 29.5 Å². The Morgan fingerprint density at radius 3 is 2.65 bits per heavy atom. The second-order valence-electron chi connectivity index (χ2n) is 5.85. The highest BCUT2D eigenvalue weighted by Crippen LogP contribution is 2.32. The molecule has 2 aromatic rings. The SMILES string of the molecule is Cc1nn(C)c2c(C(Br)C(=O)OC(C)(C)C)cccc12. The van der Waals surface area contributed by atoms with Crippen LogP contribution in [0, 0.1) is 6.92 Å². The zero-order chi connectivity index (χ0) is 15.1. The molecule has 0 N–H and O–H groups in total. The van der Waals surface area contributed by atoms with Gasteiger partial charge in [0.2, 0.25) is 0 Å². The first-order valence-corrected chi connectivity index (χ1v) is 7.41. The first kappa shape index (κ1) is 15.0. The largest absolute Gasteiger partial charge is 0.459 e. The minimum atomic E-state index is -0.501. The molecule has 0 radical (unpaired) electrons. The van der Waals surface area contributed by atoms with Gasteiger partial charge in [-0.3, -0.25) is 9.48 Å². The number of nitrogens with zero attached hydrogens (tertiary/aromatic N) is 2. The van der Waals surface area contributed by atoms with Crippen LogP contribution in [0.15, 0.2) is 18.2 Å². The molecule has 0 aliphatic carbocycles. The van der Waals surface area contributed by atoms with Crippen LogP contribution < -0.4 is 0 Å². The van der Waals surface area contributed by atoms with Crippen LogP contribution in [-0.4, -0.2) is 21.4 Å². The molecule has 1 aromatic carbocycles. The number of aromatic nitrogens is 2. The normalized spacial score (nSPS) is 13.5. The van der Waals surface area contributed by atoms with Crippen molar-refractivity contribution in [2.75, 3.05) is 0 Å². The molecular formula is C15H19BrN2O2. The van der Waals surface area contributed by atoms with E-state index in [2.05, 4.69) is 21.0 Å². The third-order valence-corrected chi connectivity index (χ3v) is 3.83. The van der Waals surface area contributed by atoms with Crippen molar-refractivity contribution in [3.63, 3.8) is 0 Å². The Morgan fingerprint density at radius 1 is 1.40 bits per heavy atom. The van der Waals surface area contributed by atoms with E-state index in [0.29, 0.717) is 0 Å². The average Bonchev–Trinajstić information content (AvgIpc) is 2.62. The molecule has 20 heavy (non-hydrogen) atoms. The molecule has 5 heteroatoms. The second kappa shape index (κ2) is 5.20. The van der Waals surface area contributed by atoms with E-state index >= 15 is 0 Å². The Kier molecular flexibility index (Phi) is 3.91. The van der Waals surface area contributed by atoms with Gasteiger partial charge in [-0.25, -0.2) is 0 Å². The summed E-state index contributed by atoms with van der Waals surface area (Å²) in [7, 11) is 1.88. The lowest BCUT2D eigenvalue weighted by molar-refractivity contribution is -0.154. The summed E-state index contributed by atoms with van der Waals surface area (Å²) in [4.78, 5) is 11.7. The van der Waals surface area contributed by atoms with E-state index in [4.69, 9.17) is 4.74 Å². The van der Waals surface area contributed by atoms with E-state index in [9.17, 15) is 4.79 Å². The summed E-state index contributed by atoms with van der Waals surface area (Å²) in [6.45, 7) is 7.54. The van der Waals surface area contributed by atoms with Crippen molar-refractivity contribution in [3.8, 4) is 0 Å². The first-order valence-electron chi connectivity index (χ1n) is 6.50. The summed E-state index contributed by atoms with van der Waals surface area (Å²) in [5, 5.41) is 5.46. The van der Waals surface area contributed by atoms with E-state index in [1.54, 1.807) is 4.68 Å². The maximum Gasteiger partial charge on any atom is 0.324 e. The Balaban J connectivity index is 2.45. The third kappa shape index (κ3) is 2.87. The molecule has 1 aromatic heterocycles. The maximum atomic E-state index is 12.2. The van der Waals surface area contributed by atoms with Gasteiger partial charge in [0.05, 0.1) is 11.2 Å². The quantitative estimate of drug-likeness (QED) is 0.620. The maximum absolute atomic E-state index is 12.2. The van der Waals surface area contributed by atoms with Crippen LogP contribution in [-0.2, 0) is 16.6 Å². The molecule has 0 fully saturated rings. The highest BCUT2D eigenvalue weighted by atomic mass is 79.9. The molecule has 4 nitrogen and oxygen atoms in total. The Labute approximate surface area is 127 Å². The summed E-state index contributed by atoms with van der Waals surface area (Å²) >= 11 is 3.45. The summed E-state index contributed by atoms with van der Waals surface area (Å²) in [6.07, 6.45) is 0. The first-order chi connectivity index (χ1) is 9.20. The van der Waals surface area contributed by atoms with Crippen molar-refractivity contribution < 1.29 is 9.53 Å². The fourth-order valence-electron chi connectivity index (χ4n) is 2.23. The molecule has 1 atom stereocenters. The Morgan fingerprint density at radius 2 is 2.05 bits per heavy atom. The summed E-state index contributed by atoms with van der Waals surface area (Å²) in [6, 6.07) is 5.87. The molecule has 0 spiro atoms. The smallest absolute Gasteiger partial charge is 0.324 e. The molecular weight excluding hydrogens is 320 g/mol. The summed E-state index contributed by atoms with van der Waals surface area (Å²) in [5.74, 6) is -0.288. The van der Waals surface area contributed by atoms with Crippen LogP contribution in [0.2, 0.25) is 0 Å². The molecule has 0 bridgehead atoms. The number of hydrogen-bond donors (Lipinski definition) is 0. The van der Waals surface area contributed by atoms with Crippen LogP contribution in [0.3, 0.4) is 0 Å². The number of hydrogen-bond acceptors (Lipinski definition) is 3. The van der Waals surface area contributed by atoms with Gasteiger partial charge in [-0.05, 0) is 27.7 Å². The van der Waals surface area contributed by atoms with Crippen molar-refractivity contribution in [2.45, 2.75) is 38.1 Å². The summed E-state index contributed by atoms with van der Waals surface area (Å²) in [5.41, 5.74) is 2.28. The minimum absolute atomic E-state index is 0.288. The predicted molar refractivity (Wildman–Crippen MR) is 83.0 cm³/mol. The number of fused-ring (bicyclic) bond motifs is 1. The number of aryl methyl sites for hydroxylation is 2. The van der Waals surface area contributed by atoms with Gasteiger partial charge in [0.15, 0.2) is 0 Å². The van der Waals surface area contributed by atoms with Crippen LogP contribution in [0.5, 0.6) is 0 Å². The van der Waals surface area contributed by atoms with Gasteiger partial charge in [-0.2, -0.15) is 5.10 Å². The number of carbonyl (C=O) groups excluding carboxylic acids is 1. The lowest BCUT2D eigenvalue weighted by Crippen LogP contribution is -2.26. The van der Waals surface area contributed by atoms with Gasteiger partial charge in [-0.15, -0.1) is 0 Å². The highest BCUT2D eigenvalue weighted by Gasteiger charge is 2.26. The zero-order valence-corrected chi connectivity index (χ0v) is 14.0. The number of rotatable bonds is 2. The van der Waals surface area contributed by atoms with Crippen molar-refractivity contribution >= 4 is 32.8 Å². The number of benzene rings is 1. The molecule has 1 heterocycles. The summed E-state index contributed by atoms with van der Waals surface area (Å²) < 4.78 is 7.24. The van der Waals surface area contributed by atoms with E-state index < -0.39 is 10.4 Å². The topological polar surface area (TPSA) is 44.1 Å². The molecule has 0 aliphatic heterocycles. The van der Waals surface area contributed by atoms with Crippen LogP contribution >= 0.6 is 15.9 Å². The number of carbonyl (C=O) groups is 1. The Bertz CT molecular complexity index is 656. The molecule has 0 aliphatic rings. The lowest BCUT2D eigenvalue weighted by Gasteiger charge is -2.22. The molecule has 0 saturated heterocycles. The van der Waals surface area contributed by atoms with E-state index in [-0.39, 0.29) is 5.97 Å². The van der Waals surface area contributed by atoms with Crippen LogP contribution in [0.4, 0.5) is 0 Å². The van der Waals surface area contributed by atoms with Gasteiger partial charge < -0.3 is 4.74 Å². The third-order valence-electron chi connectivity index (χ3n) is 2.97. The van der Waals surface area contributed by atoms with E-state index in [1.165, 1.54) is 0 Å². The van der Waals surface area contributed by atoms with Crippen molar-refractivity contribution in [1.29, 1.82) is 0 Å². The number of halogens is 1. The van der Waals surface area contributed by atoms with Gasteiger partial charge >= 0.3 is 5.97 Å². The fourth-order valence-corrected chi connectivity index (χ4v) is 2.69. The predicted octanol–water partition coefficient (Wildman–Crippen LogP) is 3.66.